The molecule has 3 nitrogen and oxygen atoms in total. The molecule has 1 rings (SSSR count). The predicted octanol–water partition coefficient (Wildman–Crippen LogP) is 2.76. The normalized spacial score (nSPS) is 11.5. The minimum atomic E-state index is -3.19. The Bertz CT molecular complexity index is 455. The van der Waals surface area contributed by atoms with Crippen LogP contribution >= 0.6 is 0 Å². The van der Waals surface area contributed by atoms with Crippen molar-refractivity contribution >= 4 is 15.7 Å². The Balaban J connectivity index is 3.07. The molecule has 0 aliphatic rings. The topological polar surface area (TPSA) is 46.2 Å². The molecule has 0 amide bonds. The number of anilines is 1. The van der Waals surface area contributed by atoms with Crippen molar-refractivity contribution < 1.29 is 8.42 Å². The Morgan fingerprint density at radius 3 is 2.06 bits per heavy atom. The third kappa shape index (κ3) is 3.23. The third-order valence-electron chi connectivity index (χ3n) is 2.41. The zero-order chi connectivity index (χ0) is 12.3. The molecule has 0 unspecified atom stereocenters. The lowest BCUT2D eigenvalue weighted by Gasteiger charge is -2.13. The predicted molar refractivity (Wildman–Crippen MR) is 68.4 cm³/mol. The maximum Gasteiger partial charge on any atom is 0.232 e. The Morgan fingerprint density at radius 1 is 1.12 bits per heavy atom. The Hall–Kier alpha value is -1.03. The number of benzene rings is 1. The van der Waals surface area contributed by atoms with Crippen LogP contribution in [0.2, 0.25) is 0 Å². The number of rotatable bonds is 4. The van der Waals surface area contributed by atoms with E-state index in [1.54, 1.807) is 0 Å². The lowest BCUT2D eigenvalue weighted by atomic mass is 10.1. The van der Waals surface area contributed by atoms with Crippen LogP contribution in [0.25, 0.3) is 0 Å². The van der Waals surface area contributed by atoms with Crippen molar-refractivity contribution in [1.29, 1.82) is 0 Å². The third-order valence-corrected chi connectivity index (χ3v) is 3.87. The molecule has 0 aliphatic carbocycles. The molecule has 16 heavy (non-hydrogen) atoms. The van der Waals surface area contributed by atoms with E-state index in [0.717, 1.165) is 22.4 Å². The fraction of sp³-hybridized carbons (Fsp3) is 0.500. The van der Waals surface area contributed by atoms with E-state index in [0.29, 0.717) is 6.42 Å². The van der Waals surface area contributed by atoms with Gasteiger partial charge in [0, 0.05) is 0 Å². The summed E-state index contributed by atoms with van der Waals surface area (Å²) in [6.07, 6.45) is 0.624. The summed E-state index contributed by atoms with van der Waals surface area (Å²) in [5.41, 5.74) is 3.81. The summed E-state index contributed by atoms with van der Waals surface area (Å²) in [4.78, 5) is 0. The zero-order valence-corrected chi connectivity index (χ0v) is 11.1. The van der Waals surface area contributed by atoms with Crippen LogP contribution in [0.4, 0.5) is 5.69 Å². The van der Waals surface area contributed by atoms with Gasteiger partial charge in [0.05, 0.1) is 11.4 Å². The van der Waals surface area contributed by atoms with Gasteiger partial charge in [-0.05, 0) is 38.3 Å². The Kier molecular flexibility index (Phi) is 3.97. The largest absolute Gasteiger partial charge is 0.283 e. The van der Waals surface area contributed by atoms with Gasteiger partial charge in [0.15, 0.2) is 0 Å². The van der Waals surface area contributed by atoms with E-state index in [1.165, 1.54) is 0 Å². The van der Waals surface area contributed by atoms with Crippen LogP contribution in [0.1, 0.15) is 30.0 Å². The summed E-state index contributed by atoms with van der Waals surface area (Å²) in [7, 11) is -3.19. The van der Waals surface area contributed by atoms with E-state index >= 15 is 0 Å². The lowest BCUT2D eigenvalue weighted by molar-refractivity contribution is 0.600. The zero-order valence-electron chi connectivity index (χ0n) is 10.3. The van der Waals surface area contributed by atoms with Gasteiger partial charge in [-0.15, -0.1) is 0 Å². The molecule has 90 valence electrons. The molecule has 0 bridgehead atoms. The van der Waals surface area contributed by atoms with Gasteiger partial charge < -0.3 is 0 Å². The summed E-state index contributed by atoms with van der Waals surface area (Å²) in [5.74, 6) is 0.166. The first-order valence-corrected chi connectivity index (χ1v) is 7.09. The van der Waals surface area contributed by atoms with Crippen molar-refractivity contribution in [1.82, 2.24) is 0 Å². The molecule has 0 spiro atoms. The molecule has 0 saturated heterocycles. The average Bonchev–Trinajstić information content (AvgIpc) is 2.11. The molecule has 1 N–H and O–H groups in total. The Morgan fingerprint density at radius 2 is 1.62 bits per heavy atom. The molecule has 1 aromatic carbocycles. The molecular formula is C12H19NO2S. The lowest BCUT2D eigenvalue weighted by Crippen LogP contribution is -2.17. The number of nitrogens with one attached hydrogen (secondary N) is 1. The van der Waals surface area contributed by atoms with Crippen molar-refractivity contribution in [2.45, 2.75) is 34.1 Å². The molecule has 0 heterocycles. The van der Waals surface area contributed by atoms with Gasteiger partial charge in [0.1, 0.15) is 0 Å². The smallest absolute Gasteiger partial charge is 0.232 e. The van der Waals surface area contributed by atoms with Crippen LogP contribution in [-0.2, 0) is 10.0 Å². The number of aryl methyl sites for hydroxylation is 3. The van der Waals surface area contributed by atoms with Crippen molar-refractivity contribution in [3.8, 4) is 0 Å². The van der Waals surface area contributed by atoms with Crippen molar-refractivity contribution in [2.75, 3.05) is 10.5 Å². The molecule has 1 aromatic rings. The van der Waals surface area contributed by atoms with Crippen molar-refractivity contribution in [3.63, 3.8) is 0 Å². The first-order valence-electron chi connectivity index (χ1n) is 5.44. The summed E-state index contributed by atoms with van der Waals surface area (Å²) in [6.45, 7) is 7.70. The highest BCUT2D eigenvalue weighted by molar-refractivity contribution is 7.92. The van der Waals surface area contributed by atoms with Crippen LogP contribution in [0.5, 0.6) is 0 Å². The van der Waals surface area contributed by atoms with E-state index in [2.05, 4.69) is 4.72 Å². The first-order chi connectivity index (χ1) is 7.35. The summed E-state index contributed by atoms with van der Waals surface area (Å²) < 4.78 is 26.0. The molecule has 0 fully saturated rings. The number of sulfonamides is 1. The van der Waals surface area contributed by atoms with Crippen molar-refractivity contribution in [3.05, 3.63) is 28.8 Å². The molecule has 0 aliphatic heterocycles. The van der Waals surface area contributed by atoms with Crippen molar-refractivity contribution in [2.24, 2.45) is 0 Å². The molecule has 0 atom stereocenters. The van der Waals surface area contributed by atoms with Gasteiger partial charge in [0.2, 0.25) is 10.0 Å². The number of hydrogen-bond acceptors (Lipinski definition) is 2. The quantitative estimate of drug-likeness (QED) is 0.881. The molecule has 4 heteroatoms. The standard InChI is InChI=1S/C12H19NO2S/c1-5-6-16(14,15)13-12-10(3)7-9(2)8-11(12)4/h7-8,13H,5-6H2,1-4H3. The fourth-order valence-corrected chi connectivity index (χ4v) is 3.09. The van der Waals surface area contributed by atoms with Gasteiger partial charge in [0.25, 0.3) is 0 Å². The molecule has 0 saturated carbocycles. The maximum absolute atomic E-state index is 11.7. The molecule has 0 radical (unpaired) electrons. The summed E-state index contributed by atoms with van der Waals surface area (Å²) in [6, 6.07) is 3.97. The average molecular weight is 241 g/mol. The second-order valence-electron chi connectivity index (χ2n) is 4.19. The van der Waals surface area contributed by atoms with E-state index < -0.39 is 10.0 Å². The summed E-state index contributed by atoms with van der Waals surface area (Å²) >= 11 is 0. The maximum atomic E-state index is 11.7. The highest BCUT2D eigenvalue weighted by Crippen LogP contribution is 2.23. The monoisotopic (exact) mass is 241 g/mol. The minimum absolute atomic E-state index is 0.166. The van der Waals surface area contributed by atoms with Crippen LogP contribution in [-0.4, -0.2) is 14.2 Å². The van der Waals surface area contributed by atoms with Crippen LogP contribution in [0.15, 0.2) is 12.1 Å². The molecular weight excluding hydrogens is 222 g/mol. The Labute approximate surface area is 97.9 Å². The van der Waals surface area contributed by atoms with E-state index in [9.17, 15) is 8.42 Å². The van der Waals surface area contributed by atoms with E-state index in [-0.39, 0.29) is 5.75 Å². The second-order valence-corrected chi connectivity index (χ2v) is 6.04. The van der Waals surface area contributed by atoms with E-state index in [1.807, 2.05) is 39.8 Å². The SMILES string of the molecule is CCCS(=O)(=O)Nc1c(C)cc(C)cc1C. The van der Waals surface area contributed by atoms with Gasteiger partial charge >= 0.3 is 0 Å². The minimum Gasteiger partial charge on any atom is -0.283 e. The number of hydrogen-bond donors (Lipinski definition) is 1. The fourth-order valence-electron chi connectivity index (χ4n) is 1.82. The van der Waals surface area contributed by atoms with E-state index in [4.69, 9.17) is 0 Å². The highest BCUT2D eigenvalue weighted by Gasteiger charge is 2.12. The van der Waals surface area contributed by atoms with Gasteiger partial charge in [-0.2, -0.15) is 0 Å². The van der Waals surface area contributed by atoms with Gasteiger partial charge in [-0.1, -0.05) is 24.6 Å². The van der Waals surface area contributed by atoms with Crippen LogP contribution in [0, 0.1) is 20.8 Å². The first kappa shape index (κ1) is 13.0. The highest BCUT2D eigenvalue weighted by atomic mass is 32.2. The molecule has 0 aromatic heterocycles. The van der Waals surface area contributed by atoms with Gasteiger partial charge in [-0.25, -0.2) is 8.42 Å². The second kappa shape index (κ2) is 4.87. The van der Waals surface area contributed by atoms with Crippen LogP contribution < -0.4 is 4.72 Å². The summed E-state index contributed by atoms with van der Waals surface area (Å²) in [5, 5.41) is 0. The van der Waals surface area contributed by atoms with Gasteiger partial charge in [-0.3, -0.25) is 4.72 Å². The van der Waals surface area contributed by atoms with Crippen LogP contribution in [0.3, 0.4) is 0 Å².